The van der Waals surface area contributed by atoms with Crippen molar-refractivity contribution >= 4 is 5.69 Å². The number of rotatable bonds is 6. The Hall–Kier alpha value is -2.17. The van der Waals surface area contributed by atoms with Crippen LogP contribution in [0.15, 0.2) is 28.8 Å². The Morgan fingerprint density at radius 2 is 2.10 bits per heavy atom. The monoisotopic (exact) mass is 276 g/mol. The summed E-state index contributed by atoms with van der Waals surface area (Å²) in [5.41, 5.74) is 1.72. The zero-order valence-corrected chi connectivity index (χ0v) is 12.3. The summed E-state index contributed by atoms with van der Waals surface area (Å²) in [6, 6.07) is 7.58. The van der Waals surface area contributed by atoms with Crippen molar-refractivity contribution < 1.29 is 14.0 Å². The van der Waals surface area contributed by atoms with E-state index in [0.29, 0.717) is 6.54 Å². The fraction of sp³-hybridized carbons (Fsp3) is 0.400. The first-order valence-electron chi connectivity index (χ1n) is 6.59. The number of methoxy groups -OCH3 is 1. The third kappa shape index (κ3) is 3.66. The first-order valence-corrected chi connectivity index (χ1v) is 6.59. The molecule has 0 atom stereocenters. The summed E-state index contributed by atoms with van der Waals surface area (Å²) in [7, 11) is 1.64. The Balaban J connectivity index is 2.14. The van der Waals surface area contributed by atoms with Gasteiger partial charge in [-0.05, 0) is 32.9 Å². The van der Waals surface area contributed by atoms with E-state index in [9.17, 15) is 0 Å². The van der Waals surface area contributed by atoms with Gasteiger partial charge < -0.3 is 19.3 Å². The molecule has 0 amide bonds. The molecular formula is C15H20N2O3. The van der Waals surface area contributed by atoms with E-state index in [1.807, 2.05) is 45.0 Å². The van der Waals surface area contributed by atoms with E-state index in [-0.39, 0.29) is 6.10 Å². The Morgan fingerprint density at radius 1 is 1.30 bits per heavy atom. The van der Waals surface area contributed by atoms with Gasteiger partial charge in [0.05, 0.1) is 25.4 Å². The number of nitrogens with one attached hydrogen (secondary N) is 1. The van der Waals surface area contributed by atoms with Crippen LogP contribution >= 0.6 is 0 Å². The number of nitrogens with zero attached hydrogens (tertiary/aromatic N) is 1. The highest BCUT2D eigenvalue weighted by atomic mass is 16.5. The van der Waals surface area contributed by atoms with Crippen molar-refractivity contribution in [1.82, 2.24) is 5.16 Å². The predicted octanol–water partition coefficient (Wildman–Crippen LogP) is 3.39. The van der Waals surface area contributed by atoms with Crippen molar-refractivity contribution in [1.29, 1.82) is 0 Å². The Kier molecular flexibility index (Phi) is 4.50. The van der Waals surface area contributed by atoms with Crippen LogP contribution in [-0.2, 0) is 6.54 Å². The zero-order valence-electron chi connectivity index (χ0n) is 12.3. The fourth-order valence-electron chi connectivity index (χ4n) is 1.82. The quantitative estimate of drug-likeness (QED) is 0.876. The molecule has 0 fully saturated rings. The van der Waals surface area contributed by atoms with E-state index in [4.69, 9.17) is 14.0 Å². The fourth-order valence-corrected chi connectivity index (χ4v) is 1.82. The van der Waals surface area contributed by atoms with Gasteiger partial charge >= 0.3 is 0 Å². The molecule has 1 N–H and O–H groups in total. The molecule has 108 valence electrons. The predicted molar refractivity (Wildman–Crippen MR) is 77.3 cm³/mol. The third-order valence-corrected chi connectivity index (χ3v) is 2.69. The molecule has 1 aromatic heterocycles. The minimum Gasteiger partial charge on any atom is -0.497 e. The summed E-state index contributed by atoms with van der Waals surface area (Å²) in [4.78, 5) is 0. The number of aryl methyl sites for hydroxylation is 1. The molecule has 0 aliphatic rings. The van der Waals surface area contributed by atoms with Crippen LogP contribution in [0.4, 0.5) is 5.69 Å². The number of ether oxygens (including phenoxy) is 2. The minimum atomic E-state index is 0.109. The molecule has 2 aromatic rings. The van der Waals surface area contributed by atoms with Gasteiger partial charge in [-0.25, -0.2) is 0 Å². The second-order valence-electron chi connectivity index (χ2n) is 4.81. The third-order valence-electron chi connectivity index (χ3n) is 2.69. The number of aromatic nitrogens is 1. The maximum absolute atomic E-state index is 5.78. The van der Waals surface area contributed by atoms with Crippen LogP contribution in [0, 0.1) is 6.92 Å². The summed E-state index contributed by atoms with van der Waals surface area (Å²) in [6.07, 6.45) is 0.109. The van der Waals surface area contributed by atoms with E-state index in [1.165, 1.54) is 0 Å². The molecule has 0 saturated heterocycles. The largest absolute Gasteiger partial charge is 0.497 e. The molecule has 5 nitrogen and oxygen atoms in total. The van der Waals surface area contributed by atoms with Crippen LogP contribution in [0.1, 0.15) is 25.3 Å². The van der Waals surface area contributed by atoms with Gasteiger partial charge in [0.25, 0.3) is 0 Å². The van der Waals surface area contributed by atoms with Gasteiger partial charge in [-0.3, -0.25) is 0 Å². The molecular weight excluding hydrogens is 256 g/mol. The summed E-state index contributed by atoms with van der Waals surface area (Å²) in [5.74, 6) is 2.37. The zero-order chi connectivity index (χ0) is 14.5. The second-order valence-corrected chi connectivity index (χ2v) is 4.81. The first-order chi connectivity index (χ1) is 9.58. The van der Waals surface area contributed by atoms with Crippen molar-refractivity contribution in [3.05, 3.63) is 35.7 Å². The molecule has 20 heavy (non-hydrogen) atoms. The SMILES string of the molecule is COc1ccc(OC(C)C)c(NCc2cc(C)on2)c1. The summed E-state index contributed by atoms with van der Waals surface area (Å²) in [5, 5.41) is 7.25. The molecule has 5 heteroatoms. The van der Waals surface area contributed by atoms with E-state index < -0.39 is 0 Å². The molecule has 1 aromatic carbocycles. The normalized spacial score (nSPS) is 10.7. The summed E-state index contributed by atoms with van der Waals surface area (Å²) < 4.78 is 16.1. The first kappa shape index (κ1) is 14.2. The van der Waals surface area contributed by atoms with Crippen LogP contribution in [0.2, 0.25) is 0 Å². The van der Waals surface area contributed by atoms with Crippen molar-refractivity contribution in [3.63, 3.8) is 0 Å². The van der Waals surface area contributed by atoms with E-state index in [0.717, 1.165) is 28.6 Å². The number of benzene rings is 1. The lowest BCUT2D eigenvalue weighted by atomic mass is 10.2. The van der Waals surface area contributed by atoms with Crippen molar-refractivity contribution in [2.24, 2.45) is 0 Å². The van der Waals surface area contributed by atoms with Crippen molar-refractivity contribution in [2.45, 2.75) is 33.4 Å². The molecule has 0 aliphatic heterocycles. The van der Waals surface area contributed by atoms with Crippen LogP contribution in [0.3, 0.4) is 0 Å². The lowest BCUT2D eigenvalue weighted by Gasteiger charge is -2.16. The van der Waals surface area contributed by atoms with Crippen molar-refractivity contribution in [2.75, 3.05) is 12.4 Å². The standard InChI is InChI=1S/C15H20N2O3/c1-10(2)19-15-6-5-13(18-4)8-14(15)16-9-12-7-11(3)20-17-12/h5-8,10,16H,9H2,1-4H3. The van der Waals surface area contributed by atoms with E-state index >= 15 is 0 Å². The highest BCUT2D eigenvalue weighted by Gasteiger charge is 2.08. The number of anilines is 1. The Labute approximate surface area is 118 Å². The van der Waals surface area contributed by atoms with Gasteiger partial charge in [0.1, 0.15) is 23.0 Å². The van der Waals surface area contributed by atoms with Crippen LogP contribution < -0.4 is 14.8 Å². The number of hydrogen-bond acceptors (Lipinski definition) is 5. The van der Waals surface area contributed by atoms with Gasteiger partial charge in [-0.2, -0.15) is 0 Å². The molecule has 2 rings (SSSR count). The minimum absolute atomic E-state index is 0.109. The summed E-state index contributed by atoms with van der Waals surface area (Å²) >= 11 is 0. The molecule has 0 unspecified atom stereocenters. The highest BCUT2D eigenvalue weighted by molar-refractivity contribution is 5.59. The van der Waals surface area contributed by atoms with Crippen molar-refractivity contribution in [3.8, 4) is 11.5 Å². The maximum Gasteiger partial charge on any atom is 0.143 e. The molecule has 0 bridgehead atoms. The molecule has 1 heterocycles. The van der Waals surface area contributed by atoms with Crippen LogP contribution in [-0.4, -0.2) is 18.4 Å². The highest BCUT2D eigenvalue weighted by Crippen LogP contribution is 2.30. The average molecular weight is 276 g/mol. The topological polar surface area (TPSA) is 56.5 Å². The lowest BCUT2D eigenvalue weighted by Crippen LogP contribution is -2.09. The Morgan fingerprint density at radius 3 is 2.70 bits per heavy atom. The van der Waals surface area contributed by atoms with Gasteiger partial charge in [0, 0.05) is 12.1 Å². The molecule has 0 radical (unpaired) electrons. The lowest BCUT2D eigenvalue weighted by molar-refractivity contribution is 0.243. The molecule has 0 saturated carbocycles. The second kappa shape index (κ2) is 6.32. The van der Waals surface area contributed by atoms with Crippen LogP contribution in [0.25, 0.3) is 0 Å². The molecule has 0 spiro atoms. The van der Waals surface area contributed by atoms with Gasteiger partial charge in [-0.15, -0.1) is 0 Å². The Bertz CT molecular complexity index is 564. The molecule has 0 aliphatic carbocycles. The van der Waals surface area contributed by atoms with Gasteiger partial charge in [-0.1, -0.05) is 5.16 Å². The van der Waals surface area contributed by atoms with Gasteiger partial charge in [0.2, 0.25) is 0 Å². The van der Waals surface area contributed by atoms with E-state index in [1.54, 1.807) is 7.11 Å². The average Bonchev–Trinajstić information content (AvgIpc) is 2.83. The van der Waals surface area contributed by atoms with Crippen LogP contribution in [0.5, 0.6) is 11.5 Å². The maximum atomic E-state index is 5.78. The summed E-state index contributed by atoms with van der Waals surface area (Å²) in [6.45, 7) is 6.43. The van der Waals surface area contributed by atoms with E-state index in [2.05, 4.69) is 10.5 Å². The number of hydrogen-bond donors (Lipinski definition) is 1. The van der Waals surface area contributed by atoms with Gasteiger partial charge in [0.15, 0.2) is 0 Å². The smallest absolute Gasteiger partial charge is 0.143 e.